The second-order valence-corrected chi connectivity index (χ2v) is 3.34. The van der Waals surface area contributed by atoms with E-state index in [-0.39, 0.29) is 11.4 Å². The summed E-state index contributed by atoms with van der Waals surface area (Å²) in [4.78, 5) is 10.9. The Morgan fingerprint density at radius 2 is 2.11 bits per heavy atom. The molecule has 1 aromatic carbocycles. The third-order valence-electron chi connectivity index (χ3n) is 1.94. The van der Waals surface area contributed by atoms with Gasteiger partial charge in [-0.05, 0) is 6.07 Å². The maximum atomic E-state index is 12.2. The highest BCUT2D eigenvalue weighted by Gasteiger charge is 2.35. The number of rotatable bonds is 3. The third kappa shape index (κ3) is 3.05. The van der Waals surface area contributed by atoms with Crippen molar-refractivity contribution in [2.24, 2.45) is 0 Å². The molecule has 0 saturated carbocycles. The van der Waals surface area contributed by atoms with Crippen molar-refractivity contribution >= 4 is 17.6 Å². The summed E-state index contributed by atoms with van der Waals surface area (Å²) in [6.07, 6.45) is -5.07. The molecule has 1 N–H and O–H groups in total. The van der Waals surface area contributed by atoms with E-state index in [0.29, 0.717) is 0 Å². The number of alkyl halides is 4. The van der Waals surface area contributed by atoms with Crippen LogP contribution in [0.1, 0.15) is 21.5 Å². The molecule has 1 rings (SSSR count). The van der Waals surface area contributed by atoms with Crippen LogP contribution in [0.15, 0.2) is 12.1 Å². The minimum atomic E-state index is -5.07. The van der Waals surface area contributed by atoms with Gasteiger partial charge in [-0.3, -0.25) is 0 Å². The molecule has 0 fully saturated rings. The number of halogens is 4. The van der Waals surface area contributed by atoms with E-state index in [4.69, 9.17) is 22.0 Å². The number of hydrogen-bond acceptors (Lipinski definition) is 3. The molecule has 0 aliphatic rings. The molecular formula is C10H5ClF3NO3. The van der Waals surface area contributed by atoms with Crippen molar-refractivity contribution in [3.8, 4) is 11.8 Å². The van der Waals surface area contributed by atoms with E-state index in [1.165, 1.54) is 6.07 Å². The van der Waals surface area contributed by atoms with Crippen molar-refractivity contribution < 1.29 is 27.8 Å². The highest BCUT2D eigenvalue weighted by molar-refractivity contribution is 6.17. The molecule has 0 unspecified atom stereocenters. The SMILES string of the molecule is N#Cc1ccc(CCl)c(OC(F)(F)F)c1C(=O)O. The summed E-state index contributed by atoms with van der Waals surface area (Å²) in [5, 5.41) is 17.5. The Hall–Kier alpha value is -1.94. The standard InChI is InChI=1S/C10H5ClF3NO3/c11-3-5-1-2-6(4-15)7(9(16)17)8(5)18-10(12,13)14/h1-2H,3H2,(H,16,17). The zero-order chi connectivity index (χ0) is 13.9. The van der Waals surface area contributed by atoms with Gasteiger partial charge in [-0.15, -0.1) is 24.8 Å². The molecule has 0 bridgehead atoms. The molecule has 0 aliphatic carbocycles. The monoisotopic (exact) mass is 279 g/mol. The first-order valence-corrected chi connectivity index (χ1v) is 4.94. The molecule has 0 heterocycles. The van der Waals surface area contributed by atoms with Gasteiger partial charge in [-0.2, -0.15) is 5.26 Å². The van der Waals surface area contributed by atoms with Crippen LogP contribution in [-0.4, -0.2) is 17.4 Å². The Bertz CT molecular complexity index is 522. The van der Waals surface area contributed by atoms with Crippen LogP contribution in [0.2, 0.25) is 0 Å². The summed E-state index contributed by atoms with van der Waals surface area (Å²) < 4.78 is 40.2. The Morgan fingerprint density at radius 3 is 2.50 bits per heavy atom. The fraction of sp³-hybridized carbons (Fsp3) is 0.200. The first-order chi connectivity index (χ1) is 8.30. The number of nitriles is 1. The van der Waals surface area contributed by atoms with Gasteiger partial charge in [0.15, 0.2) is 0 Å². The quantitative estimate of drug-likeness (QED) is 0.864. The van der Waals surface area contributed by atoms with Gasteiger partial charge in [0.1, 0.15) is 17.4 Å². The molecule has 0 amide bonds. The number of ether oxygens (including phenoxy) is 1. The number of nitrogens with zero attached hydrogens (tertiary/aromatic N) is 1. The van der Waals surface area contributed by atoms with Crippen LogP contribution in [0.3, 0.4) is 0 Å². The summed E-state index contributed by atoms with van der Waals surface area (Å²) in [6.45, 7) is 0. The minimum Gasteiger partial charge on any atom is -0.478 e. The Kier molecular flexibility index (Phi) is 4.03. The molecule has 0 saturated heterocycles. The first kappa shape index (κ1) is 14.1. The van der Waals surface area contributed by atoms with E-state index in [9.17, 15) is 18.0 Å². The normalized spacial score (nSPS) is 10.8. The van der Waals surface area contributed by atoms with Crippen LogP contribution >= 0.6 is 11.6 Å². The van der Waals surface area contributed by atoms with Gasteiger partial charge in [-0.25, -0.2) is 4.79 Å². The van der Waals surface area contributed by atoms with E-state index in [1.54, 1.807) is 0 Å². The van der Waals surface area contributed by atoms with Crippen LogP contribution in [0.5, 0.6) is 5.75 Å². The van der Waals surface area contributed by atoms with Crippen LogP contribution in [0, 0.1) is 11.3 Å². The summed E-state index contributed by atoms with van der Waals surface area (Å²) in [7, 11) is 0. The molecule has 1 aromatic rings. The molecular weight excluding hydrogens is 275 g/mol. The Balaban J connectivity index is 3.52. The van der Waals surface area contributed by atoms with Crippen molar-refractivity contribution in [1.29, 1.82) is 5.26 Å². The summed E-state index contributed by atoms with van der Waals surface area (Å²) in [5.74, 6) is -3.03. The maximum absolute atomic E-state index is 12.2. The number of benzene rings is 1. The van der Waals surface area contributed by atoms with Crippen molar-refractivity contribution in [1.82, 2.24) is 0 Å². The molecule has 18 heavy (non-hydrogen) atoms. The van der Waals surface area contributed by atoms with Gasteiger partial charge in [0.25, 0.3) is 0 Å². The van der Waals surface area contributed by atoms with Gasteiger partial charge in [0.2, 0.25) is 0 Å². The maximum Gasteiger partial charge on any atom is 0.573 e. The Morgan fingerprint density at radius 1 is 1.50 bits per heavy atom. The largest absolute Gasteiger partial charge is 0.573 e. The number of carboxylic acid groups (broad SMARTS) is 1. The van der Waals surface area contributed by atoms with E-state index in [2.05, 4.69) is 4.74 Å². The molecule has 96 valence electrons. The average Bonchev–Trinajstić information content (AvgIpc) is 2.25. The molecule has 0 aliphatic heterocycles. The van der Waals surface area contributed by atoms with E-state index < -0.39 is 29.2 Å². The van der Waals surface area contributed by atoms with Crippen molar-refractivity contribution in [2.75, 3.05) is 0 Å². The fourth-order valence-corrected chi connectivity index (χ4v) is 1.48. The smallest absolute Gasteiger partial charge is 0.478 e. The Labute approximate surface area is 104 Å². The zero-order valence-corrected chi connectivity index (χ0v) is 9.34. The molecule has 4 nitrogen and oxygen atoms in total. The number of hydrogen-bond donors (Lipinski definition) is 1. The lowest BCUT2D eigenvalue weighted by atomic mass is 10.0. The van der Waals surface area contributed by atoms with Crippen molar-refractivity contribution in [3.05, 3.63) is 28.8 Å². The summed E-state index contributed by atoms with van der Waals surface area (Å²) in [6, 6.07) is 3.67. The lowest BCUT2D eigenvalue weighted by molar-refractivity contribution is -0.275. The average molecular weight is 280 g/mol. The second-order valence-electron chi connectivity index (χ2n) is 3.07. The predicted octanol–water partition coefficient (Wildman–Crippen LogP) is 2.89. The molecule has 0 atom stereocenters. The van der Waals surface area contributed by atoms with Gasteiger partial charge >= 0.3 is 12.3 Å². The molecule has 0 aromatic heterocycles. The van der Waals surface area contributed by atoms with E-state index >= 15 is 0 Å². The summed E-state index contributed by atoms with van der Waals surface area (Å²) in [5.41, 5.74) is -1.45. The highest BCUT2D eigenvalue weighted by Crippen LogP contribution is 2.33. The van der Waals surface area contributed by atoms with Crippen molar-refractivity contribution in [2.45, 2.75) is 12.2 Å². The predicted molar refractivity (Wildman–Crippen MR) is 54.4 cm³/mol. The lowest BCUT2D eigenvalue weighted by Crippen LogP contribution is -2.20. The lowest BCUT2D eigenvalue weighted by Gasteiger charge is -2.15. The molecule has 0 radical (unpaired) electrons. The van der Waals surface area contributed by atoms with Crippen LogP contribution in [0.4, 0.5) is 13.2 Å². The first-order valence-electron chi connectivity index (χ1n) is 4.41. The van der Waals surface area contributed by atoms with Gasteiger partial charge in [0.05, 0.1) is 11.4 Å². The number of carbonyl (C=O) groups is 1. The fourth-order valence-electron chi connectivity index (χ4n) is 1.27. The third-order valence-corrected chi connectivity index (χ3v) is 2.22. The second kappa shape index (κ2) is 5.14. The van der Waals surface area contributed by atoms with Crippen LogP contribution in [-0.2, 0) is 5.88 Å². The molecule has 8 heteroatoms. The summed E-state index contributed by atoms with van der Waals surface area (Å²) >= 11 is 5.41. The van der Waals surface area contributed by atoms with Gasteiger partial charge in [-0.1, -0.05) is 6.07 Å². The minimum absolute atomic E-state index is 0.162. The number of carboxylic acids is 1. The topological polar surface area (TPSA) is 70.3 Å². The number of aromatic carboxylic acids is 1. The molecule has 0 spiro atoms. The van der Waals surface area contributed by atoms with Gasteiger partial charge in [0, 0.05) is 5.56 Å². The van der Waals surface area contributed by atoms with Crippen LogP contribution < -0.4 is 4.74 Å². The van der Waals surface area contributed by atoms with E-state index in [0.717, 1.165) is 12.1 Å². The van der Waals surface area contributed by atoms with Crippen molar-refractivity contribution in [3.63, 3.8) is 0 Å². The zero-order valence-electron chi connectivity index (χ0n) is 8.58. The van der Waals surface area contributed by atoms with Gasteiger partial charge < -0.3 is 9.84 Å². The highest BCUT2D eigenvalue weighted by atomic mass is 35.5. The van der Waals surface area contributed by atoms with Crippen LogP contribution in [0.25, 0.3) is 0 Å². The van der Waals surface area contributed by atoms with E-state index in [1.807, 2.05) is 0 Å².